The van der Waals surface area contributed by atoms with E-state index in [-0.39, 0.29) is 5.78 Å². The van der Waals surface area contributed by atoms with Gasteiger partial charge in [0.15, 0.2) is 5.78 Å². The third-order valence-corrected chi connectivity index (χ3v) is 4.84. The van der Waals surface area contributed by atoms with E-state index in [9.17, 15) is 4.79 Å². The Bertz CT molecular complexity index is 719. The molecule has 3 rings (SSSR count). The first-order valence-electron chi connectivity index (χ1n) is 7.57. The van der Waals surface area contributed by atoms with Gasteiger partial charge in [0, 0.05) is 11.3 Å². The maximum Gasteiger partial charge on any atom is 0.196 e. The number of hydrogen-bond donors (Lipinski definition) is 0. The van der Waals surface area contributed by atoms with Gasteiger partial charge >= 0.3 is 0 Å². The molecule has 0 bridgehead atoms. The number of carbonyl (C=O) groups is 1. The lowest BCUT2D eigenvalue weighted by Crippen LogP contribution is -1.96. The van der Waals surface area contributed by atoms with Crippen molar-refractivity contribution in [2.24, 2.45) is 0 Å². The molecule has 1 fully saturated rings. The number of Topliss-reactive ketones (excluding diaryl/α,β-unsaturated/α-hetero) is 1. The predicted octanol–water partition coefficient (Wildman–Crippen LogP) is 4.44. The summed E-state index contributed by atoms with van der Waals surface area (Å²) in [6, 6.07) is 15.4. The summed E-state index contributed by atoms with van der Waals surface area (Å²) in [6.07, 6.45) is 3.88. The second-order valence-corrected chi connectivity index (χ2v) is 6.36. The van der Waals surface area contributed by atoms with Crippen LogP contribution in [0.5, 0.6) is 11.5 Å². The van der Waals surface area contributed by atoms with Crippen molar-refractivity contribution in [1.29, 1.82) is 0 Å². The highest BCUT2D eigenvalue weighted by Gasteiger charge is 2.23. The van der Waals surface area contributed by atoms with Gasteiger partial charge in [-0.25, -0.2) is 0 Å². The van der Waals surface area contributed by atoms with Crippen molar-refractivity contribution < 1.29 is 14.3 Å². The molecule has 0 spiro atoms. The summed E-state index contributed by atoms with van der Waals surface area (Å²) in [5.74, 6) is 2.42. The topological polar surface area (TPSA) is 35.5 Å². The molecule has 0 amide bonds. The van der Waals surface area contributed by atoms with Gasteiger partial charge in [0.25, 0.3) is 0 Å². The van der Waals surface area contributed by atoms with Crippen molar-refractivity contribution in [1.82, 2.24) is 0 Å². The van der Waals surface area contributed by atoms with E-state index in [2.05, 4.69) is 0 Å². The molecule has 2 aromatic carbocycles. The minimum atomic E-state index is 0.103. The van der Waals surface area contributed by atoms with E-state index in [1.54, 1.807) is 26.0 Å². The molecule has 122 valence electrons. The summed E-state index contributed by atoms with van der Waals surface area (Å²) in [7, 11) is 3.28. The summed E-state index contributed by atoms with van der Waals surface area (Å²) < 4.78 is 10.3. The van der Waals surface area contributed by atoms with Gasteiger partial charge in [-0.1, -0.05) is 24.3 Å². The van der Waals surface area contributed by atoms with Gasteiger partial charge in [0.2, 0.25) is 0 Å². The molecule has 2 aromatic rings. The normalized spacial score (nSPS) is 17.5. The Labute approximate surface area is 146 Å². The second-order valence-electron chi connectivity index (χ2n) is 5.34. The number of allylic oxidation sites excluding steroid dienone is 1. The highest BCUT2D eigenvalue weighted by molar-refractivity contribution is 8.05. The Kier molecular flexibility index (Phi) is 5.06. The molecule has 1 heterocycles. The average Bonchev–Trinajstić information content (AvgIpc) is 2.96. The molecule has 24 heavy (non-hydrogen) atoms. The van der Waals surface area contributed by atoms with E-state index < -0.39 is 0 Å². The molecule has 1 saturated heterocycles. The van der Waals surface area contributed by atoms with Gasteiger partial charge in [-0.15, -0.1) is 11.8 Å². The number of benzene rings is 2. The van der Waals surface area contributed by atoms with Gasteiger partial charge in [0.05, 0.1) is 19.1 Å². The molecular weight excluding hydrogens is 320 g/mol. The SMILES string of the molecule is COc1ccc(C=C2CSC(=Cc3ccc(OC)cc3)C2=O)cc1. The Morgan fingerprint density at radius 3 is 1.83 bits per heavy atom. The van der Waals surface area contributed by atoms with Crippen LogP contribution in [0.4, 0.5) is 0 Å². The highest BCUT2D eigenvalue weighted by atomic mass is 32.2. The molecule has 0 saturated carbocycles. The number of hydrogen-bond acceptors (Lipinski definition) is 4. The lowest BCUT2D eigenvalue weighted by Gasteiger charge is -2.01. The van der Waals surface area contributed by atoms with E-state index in [1.165, 1.54) is 0 Å². The highest BCUT2D eigenvalue weighted by Crippen LogP contribution is 2.34. The first-order valence-corrected chi connectivity index (χ1v) is 8.56. The van der Waals surface area contributed by atoms with Crippen LogP contribution < -0.4 is 9.47 Å². The van der Waals surface area contributed by atoms with Gasteiger partial charge in [-0.3, -0.25) is 4.79 Å². The van der Waals surface area contributed by atoms with Gasteiger partial charge in [0.1, 0.15) is 11.5 Å². The number of thioether (sulfide) groups is 1. The molecule has 1 aliphatic heterocycles. The minimum absolute atomic E-state index is 0.103. The quantitative estimate of drug-likeness (QED) is 0.772. The zero-order valence-corrected chi connectivity index (χ0v) is 14.4. The van der Waals surface area contributed by atoms with Gasteiger partial charge in [-0.2, -0.15) is 0 Å². The van der Waals surface area contributed by atoms with Crippen molar-refractivity contribution in [2.75, 3.05) is 20.0 Å². The molecular formula is C20H18O3S. The van der Waals surface area contributed by atoms with Crippen molar-refractivity contribution in [3.8, 4) is 11.5 Å². The lowest BCUT2D eigenvalue weighted by atomic mass is 10.1. The number of carbonyl (C=O) groups excluding carboxylic acids is 1. The fraction of sp³-hybridized carbons (Fsp3) is 0.150. The molecule has 1 aliphatic rings. The fourth-order valence-corrected chi connectivity index (χ4v) is 3.42. The predicted molar refractivity (Wildman–Crippen MR) is 99.4 cm³/mol. The van der Waals surface area contributed by atoms with Gasteiger partial charge < -0.3 is 9.47 Å². The lowest BCUT2D eigenvalue weighted by molar-refractivity contribution is -0.111. The first kappa shape index (κ1) is 16.4. The summed E-state index contributed by atoms with van der Waals surface area (Å²) in [6.45, 7) is 0. The van der Waals surface area contributed by atoms with E-state index in [4.69, 9.17) is 9.47 Å². The smallest absolute Gasteiger partial charge is 0.196 e. The summed E-state index contributed by atoms with van der Waals surface area (Å²) in [4.78, 5) is 13.3. The van der Waals surface area contributed by atoms with Crippen LogP contribution in [-0.2, 0) is 4.79 Å². The number of methoxy groups -OCH3 is 2. The number of ether oxygens (including phenoxy) is 2. The Morgan fingerprint density at radius 1 is 0.833 bits per heavy atom. The summed E-state index contributed by atoms with van der Waals surface area (Å²) in [5.41, 5.74) is 2.83. The van der Waals surface area contributed by atoms with E-state index in [1.807, 2.05) is 60.7 Å². The van der Waals surface area contributed by atoms with Crippen LogP contribution in [0.3, 0.4) is 0 Å². The molecule has 0 N–H and O–H groups in total. The second kappa shape index (κ2) is 7.41. The minimum Gasteiger partial charge on any atom is -0.497 e. The summed E-state index contributed by atoms with van der Waals surface area (Å²) in [5, 5.41) is 0. The molecule has 0 unspecified atom stereocenters. The third kappa shape index (κ3) is 3.71. The third-order valence-electron chi connectivity index (χ3n) is 3.77. The van der Waals surface area contributed by atoms with Gasteiger partial charge in [-0.05, 0) is 47.5 Å². The van der Waals surface area contributed by atoms with Crippen LogP contribution in [0.25, 0.3) is 12.2 Å². The van der Waals surface area contributed by atoms with E-state index in [0.717, 1.165) is 33.1 Å². The standard InChI is InChI=1S/C20H18O3S/c1-22-17-7-3-14(4-8-17)11-16-13-24-19(20(16)21)12-15-5-9-18(23-2)10-6-15/h3-12H,13H2,1-2H3. The maximum atomic E-state index is 12.6. The number of ketones is 1. The van der Waals surface area contributed by atoms with Crippen LogP contribution in [-0.4, -0.2) is 25.8 Å². The molecule has 4 heteroatoms. The molecule has 0 radical (unpaired) electrons. The Morgan fingerprint density at radius 2 is 1.33 bits per heavy atom. The molecule has 0 aromatic heterocycles. The van der Waals surface area contributed by atoms with Crippen LogP contribution in [0.2, 0.25) is 0 Å². The zero-order valence-electron chi connectivity index (χ0n) is 13.6. The van der Waals surface area contributed by atoms with Crippen LogP contribution in [0.15, 0.2) is 59.0 Å². The van der Waals surface area contributed by atoms with Crippen LogP contribution in [0, 0.1) is 0 Å². The molecule has 3 nitrogen and oxygen atoms in total. The van der Waals surface area contributed by atoms with Crippen LogP contribution >= 0.6 is 11.8 Å². The van der Waals surface area contributed by atoms with Crippen molar-refractivity contribution in [3.05, 3.63) is 70.1 Å². The zero-order chi connectivity index (χ0) is 16.9. The van der Waals surface area contributed by atoms with Crippen molar-refractivity contribution in [2.45, 2.75) is 0 Å². The first-order chi connectivity index (χ1) is 11.7. The van der Waals surface area contributed by atoms with E-state index >= 15 is 0 Å². The van der Waals surface area contributed by atoms with Crippen molar-refractivity contribution in [3.63, 3.8) is 0 Å². The Balaban J connectivity index is 1.78. The molecule has 0 aliphatic carbocycles. The Hall–Kier alpha value is -2.46. The van der Waals surface area contributed by atoms with Crippen LogP contribution in [0.1, 0.15) is 11.1 Å². The average molecular weight is 338 g/mol. The maximum absolute atomic E-state index is 12.6. The fourth-order valence-electron chi connectivity index (χ4n) is 2.41. The van der Waals surface area contributed by atoms with Crippen molar-refractivity contribution >= 4 is 29.7 Å². The number of rotatable bonds is 4. The largest absolute Gasteiger partial charge is 0.497 e. The monoisotopic (exact) mass is 338 g/mol. The molecule has 0 atom stereocenters. The summed E-state index contributed by atoms with van der Waals surface area (Å²) >= 11 is 1.58. The van der Waals surface area contributed by atoms with E-state index in [0.29, 0.717) is 5.75 Å².